The Labute approximate surface area is 118 Å². The first-order chi connectivity index (χ1) is 9.35. The average Bonchev–Trinajstić information content (AvgIpc) is 2.89. The summed E-state index contributed by atoms with van der Waals surface area (Å²) in [7, 11) is -3.70. The molecule has 2 aromatic rings. The number of anilines is 1. The molecule has 0 aliphatic heterocycles. The first-order valence-electron chi connectivity index (χ1n) is 6.19. The van der Waals surface area contributed by atoms with Crippen molar-refractivity contribution in [3.8, 4) is 5.75 Å². The third-order valence-corrected chi connectivity index (χ3v) is 4.44. The number of sulfonamides is 1. The van der Waals surface area contributed by atoms with E-state index in [9.17, 15) is 13.5 Å². The highest BCUT2D eigenvalue weighted by Crippen LogP contribution is 2.29. The fourth-order valence-electron chi connectivity index (χ4n) is 1.81. The summed E-state index contributed by atoms with van der Waals surface area (Å²) in [5.74, 6) is 0.0921. The van der Waals surface area contributed by atoms with Crippen LogP contribution in [0.4, 0.5) is 5.69 Å². The number of aryl methyl sites for hydroxylation is 2. The number of phenols is 1. The largest absolute Gasteiger partial charge is 0.507 e. The average molecular weight is 295 g/mol. The second kappa shape index (κ2) is 5.16. The second-order valence-corrected chi connectivity index (χ2v) is 6.22. The van der Waals surface area contributed by atoms with Crippen LogP contribution in [0.2, 0.25) is 0 Å². The number of hydrogen-bond donors (Lipinski definition) is 2. The smallest absolute Gasteiger partial charge is 0.265 e. The predicted molar refractivity (Wildman–Crippen MR) is 76.3 cm³/mol. The minimum Gasteiger partial charge on any atom is -0.507 e. The Balaban J connectivity index is 2.36. The van der Waals surface area contributed by atoms with E-state index in [4.69, 9.17) is 0 Å². The molecule has 6 nitrogen and oxygen atoms in total. The fourth-order valence-corrected chi connectivity index (χ4v) is 2.88. The molecule has 20 heavy (non-hydrogen) atoms. The lowest BCUT2D eigenvalue weighted by Gasteiger charge is -2.11. The molecule has 7 heteroatoms. The van der Waals surface area contributed by atoms with Crippen molar-refractivity contribution in [2.24, 2.45) is 0 Å². The minimum atomic E-state index is -3.70. The van der Waals surface area contributed by atoms with Gasteiger partial charge in [-0.05, 0) is 32.4 Å². The number of aromatic nitrogens is 2. The van der Waals surface area contributed by atoms with E-state index in [1.807, 2.05) is 6.92 Å². The Morgan fingerprint density at radius 2 is 2.05 bits per heavy atom. The molecule has 0 aliphatic carbocycles. The molecular weight excluding hydrogens is 278 g/mol. The van der Waals surface area contributed by atoms with Crippen molar-refractivity contribution in [3.63, 3.8) is 0 Å². The zero-order valence-corrected chi connectivity index (χ0v) is 12.4. The van der Waals surface area contributed by atoms with E-state index >= 15 is 0 Å². The lowest BCUT2D eigenvalue weighted by molar-refractivity contribution is 0.467. The number of rotatable bonds is 4. The van der Waals surface area contributed by atoms with Gasteiger partial charge in [-0.1, -0.05) is 6.07 Å². The topological polar surface area (TPSA) is 84.2 Å². The molecule has 2 rings (SSSR count). The Morgan fingerprint density at radius 1 is 1.35 bits per heavy atom. The van der Waals surface area contributed by atoms with Gasteiger partial charge in [0.15, 0.2) is 0 Å². The molecule has 0 bridgehead atoms. The zero-order chi connectivity index (χ0) is 14.9. The standard InChI is InChI=1S/C13H17N3O3S/c1-4-16-8-11(7-14-16)20(18,19)15-12-6-5-9(2)13(17)10(12)3/h5-8,15,17H,4H2,1-3H3. The van der Waals surface area contributed by atoms with Gasteiger partial charge in [-0.15, -0.1) is 0 Å². The van der Waals surface area contributed by atoms with E-state index in [2.05, 4.69) is 9.82 Å². The predicted octanol–water partition coefficient (Wildman–Crippen LogP) is 2.03. The number of nitrogens with zero attached hydrogens (tertiary/aromatic N) is 2. The van der Waals surface area contributed by atoms with Gasteiger partial charge in [0.05, 0.1) is 11.9 Å². The highest BCUT2D eigenvalue weighted by atomic mass is 32.2. The van der Waals surface area contributed by atoms with E-state index in [1.165, 1.54) is 17.1 Å². The maximum absolute atomic E-state index is 12.2. The van der Waals surface area contributed by atoms with Crippen LogP contribution in [0.5, 0.6) is 5.75 Å². The van der Waals surface area contributed by atoms with Crippen LogP contribution >= 0.6 is 0 Å². The fraction of sp³-hybridized carbons (Fsp3) is 0.308. The second-order valence-electron chi connectivity index (χ2n) is 4.54. The summed E-state index contributed by atoms with van der Waals surface area (Å²) in [5.41, 5.74) is 1.55. The number of benzene rings is 1. The first kappa shape index (κ1) is 14.4. The van der Waals surface area contributed by atoms with Crippen molar-refractivity contribution in [3.05, 3.63) is 35.7 Å². The lowest BCUT2D eigenvalue weighted by atomic mass is 10.1. The highest BCUT2D eigenvalue weighted by Gasteiger charge is 2.18. The van der Waals surface area contributed by atoms with Gasteiger partial charge >= 0.3 is 0 Å². The summed E-state index contributed by atoms with van der Waals surface area (Å²) in [4.78, 5) is 0.0961. The molecule has 0 aliphatic rings. The van der Waals surface area contributed by atoms with Crippen molar-refractivity contribution >= 4 is 15.7 Å². The van der Waals surface area contributed by atoms with Crippen LogP contribution in [0, 0.1) is 13.8 Å². The monoisotopic (exact) mass is 295 g/mol. The molecule has 2 N–H and O–H groups in total. The SMILES string of the molecule is CCn1cc(S(=O)(=O)Nc2ccc(C)c(O)c2C)cn1. The summed E-state index contributed by atoms with van der Waals surface area (Å²) in [6, 6.07) is 3.29. The van der Waals surface area contributed by atoms with E-state index in [0.717, 1.165) is 0 Å². The number of hydrogen-bond acceptors (Lipinski definition) is 4. The van der Waals surface area contributed by atoms with Gasteiger partial charge in [0.1, 0.15) is 10.6 Å². The Bertz CT molecular complexity index is 735. The van der Waals surface area contributed by atoms with Gasteiger partial charge in [0, 0.05) is 18.3 Å². The molecule has 1 heterocycles. The Morgan fingerprint density at radius 3 is 2.65 bits per heavy atom. The molecule has 0 saturated heterocycles. The van der Waals surface area contributed by atoms with Crippen molar-refractivity contribution in [1.82, 2.24) is 9.78 Å². The van der Waals surface area contributed by atoms with Gasteiger partial charge < -0.3 is 5.11 Å². The third-order valence-electron chi connectivity index (χ3n) is 3.12. The molecule has 0 fully saturated rings. The van der Waals surface area contributed by atoms with Crippen LogP contribution in [-0.2, 0) is 16.6 Å². The molecule has 108 valence electrons. The minimum absolute atomic E-state index is 0.0921. The number of aromatic hydroxyl groups is 1. The third kappa shape index (κ3) is 2.62. The van der Waals surface area contributed by atoms with Crippen LogP contribution in [-0.4, -0.2) is 23.3 Å². The molecule has 0 atom stereocenters. The van der Waals surface area contributed by atoms with Crippen LogP contribution in [0.1, 0.15) is 18.1 Å². The van der Waals surface area contributed by atoms with Crippen molar-refractivity contribution in [2.45, 2.75) is 32.2 Å². The normalized spacial score (nSPS) is 11.6. The van der Waals surface area contributed by atoms with E-state index in [0.29, 0.717) is 23.4 Å². The van der Waals surface area contributed by atoms with Gasteiger partial charge in [-0.25, -0.2) is 8.42 Å². The Kier molecular flexibility index (Phi) is 3.71. The first-order valence-corrected chi connectivity index (χ1v) is 7.68. The molecule has 0 spiro atoms. The summed E-state index contributed by atoms with van der Waals surface area (Å²) in [5, 5.41) is 13.8. The lowest BCUT2D eigenvalue weighted by Crippen LogP contribution is -2.13. The quantitative estimate of drug-likeness (QED) is 0.904. The van der Waals surface area contributed by atoms with Gasteiger partial charge in [-0.3, -0.25) is 9.40 Å². The van der Waals surface area contributed by atoms with E-state index < -0.39 is 10.0 Å². The van der Waals surface area contributed by atoms with Crippen molar-refractivity contribution in [1.29, 1.82) is 0 Å². The molecular formula is C13H17N3O3S. The summed E-state index contributed by atoms with van der Waals surface area (Å²) < 4.78 is 28.5. The van der Waals surface area contributed by atoms with Crippen LogP contribution in [0.3, 0.4) is 0 Å². The molecule has 0 saturated carbocycles. The summed E-state index contributed by atoms with van der Waals surface area (Å²) >= 11 is 0. The molecule has 0 unspecified atom stereocenters. The van der Waals surface area contributed by atoms with Crippen LogP contribution in [0.25, 0.3) is 0 Å². The number of phenolic OH excluding ortho intramolecular Hbond substituents is 1. The highest BCUT2D eigenvalue weighted by molar-refractivity contribution is 7.92. The summed E-state index contributed by atoms with van der Waals surface area (Å²) in [6.07, 6.45) is 2.76. The molecule has 1 aromatic heterocycles. The molecule has 0 radical (unpaired) electrons. The molecule has 0 amide bonds. The summed E-state index contributed by atoms with van der Waals surface area (Å²) in [6.45, 7) is 5.89. The van der Waals surface area contributed by atoms with Crippen molar-refractivity contribution < 1.29 is 13.5 Å². The zero-order valence-electron chi connectivity index (χ0n) is 11.6. The van der Waals surface area contributed by atoms with Gasteiger partial charge in [0.2, 0.25) is 0 Å². The van der Waals surface area contributed by atoms with Crippen LogP contribution in [0.15, 0.2) is 29.4 Å². The number of nitrogens with one attached hydrogen (secondary N) is 1. The van der Waals surface area contributed by atoms with Gasteiger partial charge in [0.25, 0.3) is 10.0 Å². The van der Waals surface area contributed by atoms with E-state index in [1.54, 1.807) is 26.0 Å². The van der Waals surface area contributed by atoms with Crippen LogP contribution < -0.4 is 4.72 Å². The maximum atomic E-state index is 12.2. The maximum Gasteiger partial charge on any atom is 0.265 e. The Hall–Kier alpha value is -2.02. The van der Waals surface area contributed by atoms with Crippen molar-refractivity contribution in [2.75, 3.05) is 4.72 Å². The van der Waals surface area contributed by atoms with Gasteiger partial charge in [-0.2, -0.15) is 5.10 Å². The van der Waals surface area contributed by atoms with E-state index in [-0.39, 0.29) is 10.6 Å². The molecule has 1 aromatic carbocycles.